The summed E-state index contributed by atoms with van der Waals surface area (Å²) in [5, 5.41) is 11.8. The minimum Gasteiger partial charge on any atom is -0.336 e. The molecule has 1 N–H and O–H groups in total. The van der Waals surface area contributed by atoms with E-state index in [9.17, 15) is 13.6 Å². The van der Waals surface area contributed by atoms with E-state index >= 15 is 0 Å². The first-order chi connectivity index (χ1) is 10.8. The van der Waals surface area contributed by atoms with Crippen LogP contribution in [0.2, 0.25) is 0 Å². The molecule has 1 amide bonds. The van der Waals surface area contributed by atoms with Crippen molar-refractivity contribution in [3.63, 3.8) is 0 Å². The first kappa shape index (κ1) is 16.6. The van der Waals surface area contributed by atoms with Gasteiger partial charge in [0.2, 0.25) is 11.8 Å². The highest BCUT2D eigenvalue weighted by Gasteiger charge is 2.48. The normalized spacial score (nSPS) is 26.9. The molecule has 0 radical (unpaired) electrons. The smallest absolute Gasteiger partial charge is 0.247 e. The van der Waals surface area contributed by atoms with E-state index in [1.54, 1.807) is 0 Å². The van der Waals surface area contributed by atoms with Gasteiger partial charge in [-0.05, 0) is 64.0 Å². The van der Waals surface area contributed by atoms with E-state index in [-0.39, 0.29) is 0 Å². The molecule has 2 saturated carbocycles. The number of amides is 1. The van der Waals surface area contributed by atoms with E-state index < -0.39 is 29.8 Å². The Balaban J connectivity index is 1.66. The van der Waals surface area contributed by atoms with Crippen molar-refractivity contribution < 1.29 is 13.6 Å². The Labute approximate surface area is 136 Å². The molecule has 3 rings (SSSR count). The Morgan fingerprint density at radius 1 is 1.26 bits per heavy atom. The molecular formula is C17H25F2N3O. The summed E-state index contributed by atoms with van der Waals surface area (Å²) in [6, 6.07) is 1.26. The quantitative estimate of drug-likeness (QED) is 0.845. The summed E-state index contributed by atoms with van der Waals surface area (Å²) in [5.74, 6) is -3.30. The fraction of sp³-hybridized carbons (Fsp3) is 0.882. The zero-order chi connectivity index (χ0) is 16.7. The predicted octanol–water partition coefficient (Wildman–Crippen LogP) is 2.84. The second-order valence-corrected chi connectivity index (χ2v) is 7.86. The van der Waals surface area contributed by atoms with E-state index in [4.69, 9.17) is 5.26 Å². The molecule has 128 valence electrons. The Kier molecular flexibility index (Phi) is 4.12. The van der Waals surface area contributed by atoms with Crippen molar-refractivity contribution in [2.75, 3.05) is 13.1 Å². The Bertz CT molecular complexity index is 505. The predicted molar refractivity (Wildman–Crippen MR) is 81.8 cm³/mol. The summed E-state index contributed by atoms with van der Waals surface area (Å²) in [6.45, 7) is 2.27. The highest BCUT2D eigenvalue weighted by molar-refractivity contribution is 5.83. The summed E-state index contributed by atoms with van der Waals surface area (Å²) < 4.78 is 27.2. The van der Waals surface area contributed by atoms with Gasteiger partial charge in [-0.1, -0.05) is 6.42 Å². The fourth-order valence-electron chi connectivity index (χ4n) is 3.92. The number of carbonyl (C=O) groups excluding carboxylic acids is 1. The molecule has 4 nitrogen and oxygen atoms in total. The molecule has 6 heteroatoms. The van der Waals surface area contributed by atoms with Crippen LogP contribution in [-0.4, -0.2) is 41.4 Å². The molecule has 0 aromatic carbocycles. The molecule has 1 heterocycles. The van der Waals surface area contributed by atoms with Crippen LogP contribution in [0.1, 0.15) is 58.3 Å². The maximum atomic E-state index is 13.6. The van der Waals surface area contributed by atoms with Gasteiger partial charge in [0.05, 0.1) is 12.1 Å². The first-order valence-electron chi connectivity index (χ1n) is 8.62. The van der Waals surface area contributed by atoms with Crippen LogP contribution in [0, 0.1) is 16.7 Å². The van der Waals surface area contributed by atoms with Gasteiger partial charge in [-0.15, -0.1) is 0 Å². The van der Waals surface area contributed by atoms with Crippen LogP contribution in [-0.2, 0) is 4.79 Å². The third-order valence-corrected chi connectivity index (χ3v) is 5.89. The molecule has 0 unspecified atom stereocenters. The maximum absolute atomic E-state index is 13.6. The topological polar surface area (TPSA) is 56.1 Å². The highest BCUT2D eigenvalue weighted by Crippen LogP contribution is 2.49. The van der Waals surface area contributed by atoms with Crippen molar-refractivity contribution >= 4 is 5.91 Å². The number of likely N-dealkylation sites (tertiary alicyclic amines) is 1. The Morgan fingerprint density at radius 2 is 1.87 bits per heavy atom. The van der Waals surface area contributed by atoms with Crippen LogP contribution in [0.25, 0.3) is 0 Å². The third kappa shape index (κ3) is 3.65. The molecule has 23 heavy (non-hydrogen) atoms. The number of carbonyl (C=O) groups is 1. The van der Waals surface area contributed by atoms with E-state index in [0.717, 1.165) is 19.8 Å². The number of piperidine rings is 1. The molecule has 0 aromatic heterocycles. The monoisotopic (exact) mass is 325 g/mol. The van der Waals surface area contributed by atoms with Crippen LogP contribution in [0.15, 0.2) is 0 Å². The Hall–Kier alpha value is -1.22. The number of nitrogens with one attached hydrogen (secondary N) is 1. The number of rotatable bonds is 5. The van der Waals surface area contributed by atoms with Gasteiger partial charge < -0.3 is 5.32 Å². The van der Waals surface area contributed by atoms with Gasteiger partial charge in [-0.2, -0.15) is 5.26 Å². The molecule has 2 aliphatic carbocycles. The lowest BCUT2D eigenvalue weighted by molar-refractivity contribution is -0.133. The third-order valence-electron chi connectivity index (χ3n) is 5.89. The summed E-state index contributed by atoms with van der Waals surface area (Å²) in [5.41, 5.74) is -0.389. The van der Waals surface area contributed by atoms with Gasteiger partial charge in [0.25, 0.3) is 0 Å². The average Bonchev–Trinajstić information content (AvgIpc) is 3.22. The Morgan fingerprint density at radius 3 is 2.26 bits per heavy atom. The molecule has 0 bridgehead atoms. The minimum atomic E-state index is -2.89. The standard InChI is InChI=1S/C17H25F2N3O/c1-15(18,19)11-13(14(23)21-17(12-20)5-6-17)22-9-7-16(8-10-22)3-2-4-16/h13H,2-11H2,1H3,(H,21,23)/t13-/m0/s1. The lowest BCUT2D eigenvalue weighted by Gasteiger charge is -2.49. The van der Waals surface area contributed by atoms with Crippen LogP contribution in [0.3, 0.4) is 0 Å². The number of hydrogen-bond acceptors (Lipinski definition) is 3. The van der Waals surface area contributed by atoms with Gasteiger partial charge in [0.15, 0.2) is 0 Å². The SMILES string of the molecule is CC(F)(F)C[C@@H](C(=O)NC1(C#N)CC1)N1CCC2(CCC2)CC1. The molecule has 1 aliphatic heterocycles. The summed E-state index contributed by atoms with van der Waals surface area (Å²) in [4.78, 5) is 14.4. The van der Waals surface area contributed by atoms with Crippen molar-refractivity contribution in [1.29, 1.82) is 5.26 Å². The van der Waals surface area contributed by atoms with E-state index in [1.165, 1.54) is 19.3 Å². The molecular weight excluding hydrogens is 300 g/mol. The molecule has 1 saturated heterocycles. The molecule has 3 aliphatic rings. The van der Waals surface area contributed by atoms with Gasteiger partial charge in [0.1, 0.15) is 5.54 Å². The maximum Gasteiger partial charge on any atom is 0.247 e. The number of halogens is 2. The largest absolute Gasteiger partial charge is 0.336 e. The van der Waals surface area contributed by atoms with Crippen LogP contribution in [0.4, 0.5) is 8.78 Å². The van der Waals surface area contributed by atoms with Crippen LogP contribution < -0.4 is 5.32 Å². The summed E-state index contributed by atoms with van der Waals surface area (Å²) in [7, 11) is 0. The second-order valence-electron chi connectivity index (χ2n) is 7.86. The molecule has 3 fully saturated rings. The lowest BCUT2D eigenvalue weighted by Crippen LogP contribution is -2.55. The number of nitriles is 1. The summed E-state index contributed by atoms with van der Waals surface area (Å²) in [6.07, 6.45) is 6.49. The molecule has 1 spiro atoms. The number of alkyl halides is 2. The number of hydrogen-bond donors (Lipinski definition) is 1. The lowest BCUT2D eigenvalue weighted by atomic mass is 9.63. The van der Waals surface area contributed by atoms with Gasteiger partial charge >= 0.3 is 0 Å². The van der Waals surface area contributed by atoms with Crippen molar-refractivity contribution in [3.8, 4) is 6.07 Å². The van der Waals surface area contributed by atoms with Crippen molar-refractivity contribution in [3.05, 3.63) is 0 Å². The zero-order valence-corrected chi connectivity index (χ0v) is 13.7. The van der Waals surface area contributed by atoms with Gasteiger partial charge in [-0.25, -0.2) is 8.78 Å². The zero-order valence-electron chi connectivity index (χ0n) is 13.7. The molecule has 1 atom stereocenters. The van der Waals surface area contributed by atoms with Crippen LogP contribution in [0.5, 0.6) is 0 Å². The fourth-order valence-corrected chi connectivity index (χ4v) is 3.92. The van der Waals surface area contributed by atoms with Crippen molar-refractivity contribution in [2.24, 2.45) is 5.41 Å². The summed E-state index contributed by atoms with van der Waals surface area (Å²) >= 11 is 0. The van der Waals surface area contributed by atoms with Crippen molar-refractivity contribution in [2.45, 2.75) is 75.8 Å². The van der Waals surface area contributed by atoms with E-state index in [0.29, 0.717) is 31.3 Å². The first-order valence-corrected chi connectivity index (χ1v) is 8.62. The second kappa shape index (κ2) is 5.70. The van der Waals surface area contributed by atoms with Crippen LogP contribution >= 0.6 is 0 Å². The van der Waals surface area contributed by atoms with Gasteiger partial charge in [0, 0.05) is 6.42 Å². The van der Waals surface area contributed by atoms with Gasteiger partial charge in [-0.3, -0.25) is 9.69 Å². The minimum absolute atomic E-state index is 0.407. The van der Waals surface area contributed by atoms with E-state index in [2.05, 4.69) is 11.4 Å². The molecule has 0 aromatic rings. The van der Waals surface area contributed by atoms with Crippen molar-refractivity contribution in [1.82, 2.24) is 10.2 Å². The average molecular weight is 325 g/mol. The van der Waals surface area contributed by atoms with E-state index in [1.807, 2.05) is 4.90 Å². The highest BCUT2D eigenvalue weighted by atomic mass is 19.3. The number of nitrogens with zero attached hydrogens (tertiary/aromatic N) is 2.